The summed E-state index contributed by atoms with van der Waals surface area (Å²) >= 11 is 0. The van der Waals surface area contributed by atoms with Gasteiger partial charge in [0.2, 0.25) is 0 Å². The van der Waals surface area contributed by atoms with Gasteiger partial charge in [-0.05, 0) is 18.2 Å². The highest BCUT2D eigenvalue weighted by atomic mass is 19.1. The minimum absolute atomic E-state index is 0.108. The molecular weight excluding hydrogens is 214 g/mol. The van der Waals surface area contributed by atoms with Crippen LogP contribution in [0.5, 0.6) is 0 Å². The van der Waals surface area contributed by atoms with Gasteiger partial charge in [-0.15, -0.1) is 0 Å². The minimum atomic E-state index is -0.538. The van der Waals surface area contributed by atoms with Gasteiger partial charge in [0, 0.05) is 18.2 Å². The van der Waals surface area contributed by atoms with Gasteiger partial charge >= 0.3 is 0 Å². The Morgan fingerprint density at radius 2 is 2.06 bits per heavy atom. The number of aliphatic hydroxyl groups excluding tert-OH is 1. The average molecular weight is 224 g/mol. The molecule has 2 aromatic rings. The molecule has 5 heteroatoms. The summed E-state index contributed by atoms with van der Waals surface area (Å²) in [5.41, 5.74) is 0.962. The minimum Gasteiger partial charge on any atom is -0.390 e. The Bertz CT molecular complexity index is 523. The molecule has 1 aromatic heterocycles. The predicted molar refractivity (Wildman–Crippen MR) is 54.5 cm³/mol. The van der Waals surface area contributed by atoms with Crippen LogP contribution in [-0.2, 0) is 13.7 Å². The van der Waals surface area contributed by atoms with Crippen molar-refractivity contribution in [2.45, 2.75) is 6.61 Å². The number of halogens is 2. The second-order valence-corrected chi connectivity index (χ2v) is 3.41. The number of hydrogen-bond donors (Lipinski definition) is 1. The summed E-state index contributed by atoms with van der Waals surface area (Å²) in [4.78, 5) is 0. The maximum atomic E-state index is 13.5. The first-order valence-corrected chi connectivity index (χ1v) is 4.70. The third-order valence-electron chi connectivity index (χ3n) is 2.43. The molecule has 1 N–H and O–H groups in total. The van der Waals surface area contributed by atoms with Gasteiger partial charge in [-0.2, -0.15) is 5.10 Å². The van der Waals surface area contributed by atoms with Gasteiger partial charge in [-0.25, -0.2) is 8.78 Å². The summed E-state index contributed by atoms with van der Waals surface area (Å²) in [6.07, 6.45) is 1.41. The maximum Gasteiger partial charge on any atom is 0.131 e. The normalized spacial score (nSPS) is 10.8. The number of benzene rings is 1. The molecule has 0 saturated heterocycles. The van der Waals surface area contributed by atoms with E-state index in [1.165, 1.54) is 10.9 Å². The second-order valence-electron chi connectivity index (χ2n) is 3.41. The molecule has 0 fully saturated rings. The van der Waals surface area contributed by atoms with Crippen LogP contribution in [0.15, 0.2) is 24.4 Å². The predicted octanol–water partition coefficient (Wildman–Crippen LogP) is 1.86. The number of aliphatic hydroxyl groups is 1. The molecule has 3 nitrogen and oxygen atoms in total. The third-order valence-corrected chi connectivity index (χ3v) is 2.43. The van der Waals surface area contributed by atoms with Gasteiger partial charge in [0.25, 0.3) is 0 Å². The van der Waals surface area contributed by atoms with E-state index < -0.39 is 11.6 Å². The highest BCUT2D eigenvalue weighted by Gasteiger charge is 2.14. The maximum absolute atomic E-state index is 13.5. The molecule has 16 heavy (non-hydrogen) atoms. The topological polar surface area (TPSA) is 38.0 Å². The highest BCUT2D eigenvalue weighted by molar-refractivity contribution is 5.66. The van der Waals surface area contributed by atoms with E-state index in [0.717, 1.165) is 18.2 Å². The molecular formula is C11H10F2N2O. The SMILES string of the molecule is Cn1ncc(-c2cc(F)ccc2F)c1CO. The van der Waals surface area contributed by atoms with Crippen LogP contribution in [0.25, 0.3) is 11.1 Å². The van der Waals surface area contributed by atoms with Gasteiger partial charge in [-0.1, -0.05) is 0 Å². The van der Waals surface area contributed by atoms with E-state index in [1.54, 1.807) is 7.05 Å². The molecule has 0 atom stereocenters. The lowest BCUT2D eigenvalue weighted by molar-refractivity contribution is 0.271. The highest BCUT2D eigenvalue weighted by Crippen LogP contribution is 2.26. The van der Waals surface area contributed by atoms with E-state index in [-0.39, 0.29) is 12.2 Å². The quantitative estimate of drug-likeness (QED) is 0.845. The number of hydrogen-bond acceptors (Lipinski definition) is 2. The van der Waals surface area contributed by atoms with Crippen molar-refractivity contribution in [3.05, 3.63) is 41.7 Å². The van der Waals surface area contributed by atoms with Crippen molar-refractivity contribution in [1.29, 1.82) is 0 Å². The van der Waals surface area contributed by atoms with E-state index in [2.05, 4.69) is 5.10 Å². The molecule has 2 rings (SSSR count). The van der Waals surface area contributed by atoms with Gasteiger partial charge in [-0.3, -0.25) is 4.68 Å². The molecule has 0 radical (unpaired) electrons. The summed E-state index contributed by atoms with van der Waals surface area (Å²) in [5, 5.41) is 13.0. The lowest BCUT2D eigenvalue weighted by atomic mass is 10.1. The standard InChI is InChI=1S/C11H10F2N2O/c1-15-11(6-16)9(5-14-15)8-4-7(12)2-3-10(8)13/h2-5,16H,6H2,1H3. The molecule has 0 saturated carbocycles. The van der Waals surface area contributed by atoms with Crippen LogP contribution < -0.4 is 0 Å². The van der Waals surface area contributed by atoms with E-state index >= 15 is 0 Å². The fourth-order valence-corrected chi connectivity index (χ4v) is 1.58. The lowest BCUT2D eigenvalue weighted by Crippen LogP contribution is -1.99. The van der Waals surface area contributed by atoms with Crippen molar-refractivity contribution in [3.63, 3.8) is 0 Å². The molecule has 0 aliphatic rings. The zero-order chi connectivity index (χ0) is 11.7. The Balaban J connectivity index is 2.62. The monoisotopic (exact) mass is 224 g/mol. The van der Waals surface area contributed by atoms with Gasteiger partial charge < -0.3 is 5.11 Å². The molecule has 84 valence electrons. The summed E-state index contributed by atoms with van der Waals surface area (Å²) in [7, 11) is 1.63. The Labute approximate surface area is 91.0 Å². The van der Waals surface area contributed by atoms with Crippen LogP contribution in [0.3, 0.4) is 0 Å². The molecule has 1 heterocycles. The smallest absolute Gasteiger partial charge is 0.131 e. The average Bonchev–Trinajstić information content (AvgIpc) is 2.63. The molecule has 0 bridgehead atoms. The first-order chi connectivity index (χ1) is 7.63. The lowest BCUT2D eigenvalue weighted by Gasteiger charge is -2.04. The van der Waals surface area contributed by atoms with Crippen molar-refractivity contribution in [1.82, 2.24) is 9.78 Å². The number of rotatable bonds is 2. The van der Waals surface area contributed by atoms with E-state index in [0.29, 0.717) is 11.3 Å². The van der Waals surface area contributed by atoms with E-state index in [9.17, 15) is 8.78 Å². The van der Waals surface area contributed by atoms with Crippen molar-refractivity contribution < 1.29 is 13.9 Å². The fourth-order valence-electron chi connectivity index (χ4n) is 1.58. The molecule has 0 amide bonds. The molecule has 0 aliphatic carbocycles. The summed E-state index contributed by atoms with van der Waals surface area (Å²) < 4.78 is 27.9. The van der Waals surface area contributed by atoms with Crippen LogP contribution in [0, 0.1) is 11.6 Å². The fraction of sp³-hybridized carbons (Fsp3) is 0.182. The van der Waals surface area contributed by atoms with Gasteiger partial charge in [0.05, 0.1) is 18.5 Å². The Morgan fingerprint density at radius 3 is 2.75 bits per heavy atom. The number of nitrogens with zero attached hydrogens (tertiary/aromatic N) is 2. The molecule has 0 unspecified atom stereocenters. The number of aryl methyl sites for hydroxylation is 1. The van der Waals surface area contributed by atoms with Gasteiger partial charge in [0.15, 0.2) is 0 Å². The zero-order valence-corrected chi connectivity index (χ0v) is 8.61. The second kappa shape index (κ2) is 4.02. The van der Waals surface area contributed by atoms with Crippen LogP contribution in [0.1, 0.15) is 5.69 Å². The first-order valence-electron chi connectivity index (χ1n) is 4.70. The summed E-state index contributed by atoms with van der Waals surface area (Å²) in [5.74, 6) is -1.06. The first kappa shape index (κ1) is 10.8. The molecule has 0 spiro atoms. The Hall–Kier alpha value is -1.75. The van der Waals surface area contributed by atoms with Crippen molar-refractivity contribution in [3.8, 4) is 11.1 Å². The summed E-state index contributed by atoms with van der Waals surface area (Å²) in [6.45, 7) is -0.276. The van der Waals surface area contributed by atoms with Crippen molar-refractivity contribution >= 4 is 0 Å². The Kier molecular flexibility index (Phi) is 2.70. The van der Waals surface area contributed by atoms with Crippen molar-refractivity contribution in [2.75, 3.05) is 0 Å². The van der Waals surface area contributed by atoms with Crippen LogP contribution >= 0.6 is 0 Å². The van der Waals surface area contributed by atoms with Crippen LogP contribution in [-0.4, -0.2) is 14.9 Å². The van der Waals surface area contributed by atoms with Crippen LogP contribution in [0.2, 0.25) is 0 Å². The van der Waals surface area contributed by atoms with Gasteiger partial charge in [0.1, 0.15) is 11.6 Å². The van der Waals surface area contributed by atoms with E-state index in [1.807, 2.05) is 0 Å². The Morgan fingerprint density at radius 1 is 1.31 bits per heavy atom. The van der Waals surface area contributed by atoms with Crippen LogP contribution in [0.4, 0.5) is 8.78 Å². The van der Waals surface area contributed by atoms with Crippen molar-refractivity contribution in [2.24, 2.45) is 7.05 Å². The molecule has 1 aromatic carbocycles. The van der Waals surface area contributed by atoms with E-state index in [4.69, 9.17) is 5.11 Å². The number of aromatic nitrogens is 2. The summed E-state index contributed by atoms with van der Waals surface area (Å²) in [6, 6.07) is 3.19. The largest absolute Gasteiger partial charge is 0.390 e. The third kappa shape index (κ3) is 1.69. The molecule has 0 aliphatic heterocycles. The zero-order valence-electron chi connectivity index (χ0n) is 8.61.